The average Bonchev–Trinajstić information content (AvgIpc) is 2.38. The van der Waals surface area contributed by atoms with Gasteiger partial charge in [0, 0.05) is 24.6 Å². The molecule has 0 aliphatic heterocycles. The normalized spacial score (nSPS) is 10.6. The van der Waals surface area contributed by atoms with Crippen LogP contribution in [0.1, 0.15) is 0 Å². The number of hydrogen-bond donors (Lipinski definition) is 5. The molecule has 0 saturated heterocycles. The number of nitrogens with two attached hydrogens (primary N) is 3. The molecule has 0 fully saturated rings. The highest BCUT2D eigenvalue weighted by Crippen LogP contribution is 2.19. The summed E-state index contributed by atoms with van der Waals surface area (Å²) in [6.07, 6.45) is 0. The Balaban J connectivity index is 4.10. The predicted molar refractivity (Wildman–Crippen MR) is 77.2 cm³/mol. The van der Waals surface area contributed by atoms with E-state index < -0.39 is 11.8 Å². The van der Waals surface area contributed by atoms with Gasteiger partial charge >= 0.3 is 0 Å². The van der Waals surface area contributed by atoms with Gasteiger partial charge in [0.15, 0.2) is 0 Å². The molecule has 0 radical (unpaired) electrons. The van der Waals surface area contributed by atoms with Crippen molar-refractivity contribution >= 4 is 33.4 Å². The lowest BCUT2D eigenvalue weighted by molar-refractivity contribution is -0.138. The van der Waals surface area contributed by atoms with E-state index in [1.165, 1.54) is 5.12 Å². The maximum absolute atomic E-state index is 11.3. The minimum absolute atomic E-state index is 0.325. The number of nitrogens with zero attached hydrogens (tertiary/aromatic N) is 1. The third-order valence-corrected chi connectivity index (χ3v) is 4.05. The van der Waals surface area contributed by atoms with E-state index in [0.717, 1.165) is 5.75 Å². The first-order valence-electron chi connectivity index (χ1n) is 5.58. The third kappa shape index (κ3) is 11.2. The molecule has 0 aliphatic carbocycles. The van der Waals surface area contributed by atoms with Crippen LogP contribution in [0.3, 0.4) is 0 Å². The maximum Gasteiger partial charge on any atom is 0.263 e. The molecule has 0 saturated carbocycles. The summed E-state index contributed by atoms with van der Waals surface area (Å²) in [4.78, 5) is 31.1. The van der Waals surface area contributed by atoms with Crippen LogP contribution in [0.4, 0.5) is 0 Å². The lowest BCUT2D eigenvalue weighted by Crippen LogP contribution is -2.55. The zero-order valence-corrected chi connectivity index (χ0v) is 12.5. The summed E-state index contributed by atoms with van der Waals surface area (Å²) < 4.78 is 0. The Morgan fingerprint density at radius 1 is 1.00 bits per heavy atom. The van der Waals surface area contributed by atoms with Crippen molar-refractivity contribution in [2.45, 2.75) is 0 Å². The first-order valence-corrected chi connectivity index (χ1v) is 8.07. The monoisotopic (exact) mass is 328 g/mol. The minimum Gasteiger partial charge on any atom is -0.330 e. The standard InChI is InChI=1S/C8H20N6O4S2/c9-1-3-19-20-4-2-14(12-7(15)5-17-10)13-8(16)6-18-11/h1-6,9-11H2,(H,12,15)(H,13,16). The van der Waals surface area contributed by atoms with E-state index >= 15 is 0 Å². The van der Waals surface area contributed by atoms with Crippen molar-refractivity contribution in [2.24, 2.45) is 17.5 Å². The number of hydrazine groups is 2. The lowest BCUT2D eigenvalue weighted by atomic mass is 10.6. The average molecular weight is 328 g/mol. The van der Waals surface area contributed by atoms with Gasteiger partial charge in [0.1, 0.15) is 13.2 Å². The van der Waals surface area contributed by atoms with Crippen LogP contribution >= 0.6 is 21.6 Å². The van der Waals surface area contributed by atoms with Crippen LogP contribution in [0.25, 0.3) is 0 Å². The predicted octanol–water partition coefficient (Wildman–Crippen LogP) is -2.53. The van der Waals surface area contributed by atoms with Gasteiger partial charge in [-0.25, -0.2) is 11.8 Å². The third-order valence-electron chi connectivity index (χ3n) is 1.63. The van der Waals surface area contributed by atoms with Crippen LogP contribution < -0.4 is 28.4 Å². The summed E-state index contributed by atoms with van der Waals surface area (Å²) >= 11 is 0. The van der Waals surface area contributed by atoms with Gasteiger partial charge in [-0.3, -0.25) is 30.1 Å². The molecule has 0 heterocycles. The first-order chi connectivity index (χ1) is 9.63. The van der Waals surface area contributed by atoms with Crippen molar-refractivity contribution in [2.75, 3.05) is 37.8 Å². The number of amides is 2. The number of hydrogen-bond acceptors (Lipinski definition) is 10. The molecule has 10 nitrogen and oxygen atoms in total. The highest BCUT2D eigenvalue weighted by molar-refractivity contribution is 8.76. The van der Waals surface area contributed by atoms with Crippen LogP contribution in [0.2, 0.25) is 0 Å². The Labute approximate surface area is 124 Å². The van der Waals surface area contributed by atoms with Crippen molar-refractivity contribution in [3.05, 3.63) is 0 Å². The van der Waals surface area contributed by atoms with E-state index in [0.29, 0.717) is 18.8 Å². The van der Waals surface area contributed by atoms with Gasteiger partial charge in [-0.15, -0.1) is 5.12 Å². The van der Waals surface area contributed by atoms with Crippen molar-refractivity contribution in [3.8, 4) is 0 Å². The van der Waals surface area contributed by atoms with Gasteiger partial charge < -0.3 is 5.73 Å². The molecule has 0 spiro atoms. The summed E-state index contributed by atoms with van der Waals surface area (Å²) in [6.45, 7) is 0.315. The zero-order chi connectivity index (χ0) is 15.2. The molecule has 0 aliphatic rings. The molecular weight excluding hydrogens is 308 g/mol. The van der Waals surface area contributed by atoms with Crippen LogP contribution in [0.15, 0.2) is 0 Å². The number of nitrogens with one attached hydrogen (secondary N) is 2. The first kappa shape index (κ1) is 19.4. The van der Waals surface area contributed by atoms with Crippen molar-refractivity contribution in [3.63, 3.8) is 0 Å². The lowest BCUT2D eigenvalue weighted by Gasteiger charge is -2.23. The Kier molecular flexibility index (Phi) is 13.0. The second kappa shape index (κ2) is 13.4. The summed E-state index contributed by atoms with van der Waals surface area (Å²) in [7, 11) is 3.17. The molecule has 8 N–H and O–H groups in total. The van der Waals surface area contributed by atoms with Crippen molar-refractivity contribution < 1.29 is 19.3 Å². The van der Waals surface area contributed by atoms with Gasteiger partial charge in [0.25, 0.3) is 11.8 Å². The van der Waals surface area contributed by atoms with E-state index in [2.05, 4.69) is 20.5 Å². The molecule has 2 amide bonds. The molecule has 0 aromatic carbocycles. The maximum atomic E-state index is 11.3. The fraction of sp³-hybridized carbons (Fsp3) is 0.750. The van der Waals surface area contributed by atoms with Crippen molar-refractivity contribution in [1.29, 1.82) is 0 Å². The summed E-state index contributed by atoms with van der Waals surface area (Å²) in [5.74, 6) is 10.1. The molecule has 0 rings (SSSR count). The van der Waals surface area contributed by atoms with Crippen LogP contribution in [-0.4, -0.2) is 54.7 Å². The number of carbonyl (C=O) groups excluding carboxylic acids is 2. The van der Waals surface area contributed by atoms with E-state index in [1.807, 2.05) is 0 Å². The second-order valence-electron chi connectivity index (χ2n) is 3.28. The fourth-order valence-corrected chi connectivity index (χ4v) is 2.76. The molecule has 118 valence electrons. The second-order valence-corrected chi connectivity index (χ2v) is 5.98. The Morgan fingerprint density at radius 2 is 1.50 bits per heavy atom. The van der Waals surface area contributed by atoms with E-state index in [1.54, 1.807) is 21.6 Å². The summed E-state index contributed by atoms with van der Waals surface area (Å²) in [6, 6.07) is 0. The minimum atomic E-state index is -0.499. The van der Waals surface area contributed by atoms with Gasteiger partial charge in [-0.05, 0) is 0 Å². The van der Waals surface area contributed by atoms with Gasteiger partial charge in [-0.2, -0.15) is 0 Å². The van der Waals surface area contributed by atoms with Gasteiger partial charge in [0.05, 0.1) is 0 Å². The Morgan fingerprint density at radius 3 is 1.95 bits per heavy atom. The Bertz CT molecular complexity index is 266. The van der Waals surface area contributed by atoms with E-state index in [9.17, 15) is 9.59 Å². The topological polar surface area (TPSA) is 158 Å². The van der Waals surface area contributed by atoms with E-state index in [4.69, 9.17) is 17.5 Å². The largest absolute Gasteiger partial charge is 0.330 e. The molecule has 0 aromatic heterocycles. The van der Waals surface area contributed by atoms with Crippen LogP contribution in [-0.2, 0) is 19.3 Å². The molecular formula is C8H20N6O4S2. The van der Waals surface area contributed by atoms with Crippen molar-refractivity contribution in [1.82, 2.24) is 16.0 Å². The molecule has 0 bridgehead atoms. The number of carbonyl (C=O) groups is 2. The SMILES string of the molecule is NCCSSCCN(NC(=O)CON)NC(=O)CON. The van der Waals surface area contributed by atoms with Crippen LogP contribution in [0, 0.1) is 0 Å². The molecule has 0 aromatic rings. The molecule has 0 atom stereocenters. The molecule has 0 unspecified atom stereocenters. The van der Waals surface area contributed by atoms with Gasteiger partial charge in [-0.1, -0.05) is 21.6 Å². The molecule has 20 heavy (non-hydrogen) atoms. The van der Waals surface area contributed by atoms with Crippen LogP contribution in [0.5, 0.6) is 0 Å². The smallest absolute Gasteiger partial charge is 0.263 e. The van der Waals surface area contributed by atoms with E-state index in [-0.39, 0.29) is 13.2 Å². The summed E-state index contributed by atoms with van der Waals surface area (Å²) in [5.41, 5.74) is 10.2. The highest BCUT2D eigenvalue weighted by Gasteiger charge is 2.12. The quantitative estimate of drug-likeness (QED) is 0.147. The number of rotatable bonds is 12. The highest BCUT2D eigenvalue weighted by atomic mass is 33.1. The Hall–Kier alpha value is -0.600. The molecule has 12 heteroatoms. The fourth-order valence-electron chi connectivity index (χ4n) is 0.951. The zero-order valence-electron chi connectivity index (χ0n) is 10.9. The summed E-state index contributed by atoms with van der Waals surface area (Å²) in [5, 5.41) is 1.22. The van der Waals surface area contributed by atoms with Gasteiger partial charge in [0.2, 0.25) is 0 Å².